The zero-order chi connectivity index (χ0) is 14.7. The summed E-state index contributed by atoms with van der Waals surface area (Å²) in [6.45, 7) is 1.55. The molecule has 5 nitrogen and oxygen atoms in total. The number of rotatable bonds is 5. The van der Waals surface area contributed by atoms with E-state index in [0.29, 0.717) is 6.04 Å². The molecule has 1 fully saturated rings. The maximum atomic E-state index is 11.8. The van der Waals surface area contributed by atoms with E-state index < -0.39 is 0 Å². The van der Waals surface area contributed by atoms with E-state index in [1.54, 1.807) is 0 Å². The van der Waals surface area contributed by atoms with Crippen LogP contribution in [0, 0.1) is 0 Å². The molecule has 20 heavy (non-hydrogen) atoms. The van der Waals surface area contributed by atoms with Gasteiger partial charge in [0, 0.05) is 38.4 Å². The second kappa shape index (κ2) is 5.94. The number of carbonyl (C=O) groups is 2. The lowest BCUT2D eigenvalue weighted by Crippen LogP contribution is -2.40. The molecule has 0 heterocycles. The SMILES string of the molecule is CC(=O)N(CC(=O)NC1CC1)c1ccc(N(C)C)cc1. The van der Waals surface area contributed by atoms with E-state index in [4.69, 9.17) is 0 Å². The van der Waals surface area contributed by atoms with E-state index in [1.807, 2.05) is 43.3 Å². The van der Waals surface area contributed by atoms with E-state index in [-0.39, 0.29) is 18.4 Å². The number of benzene rings is 1. The molecule has 1 N–H and O–H groups in total. The molecule has 0 aliphatic heterocycles. The Hall–Kier alpha value is -2.04. The Morgan fingerprint density at radius 3 is 2.15 bits per heavy atom. The van der Waals surface area contributed by atoms with Crippen molar-refractivity contribution in [3.05, 3.63) is 24.3 Å². The van der Waals surface area contributed by atoms with Gasteiger partial charge in [0.1, 0.15) is 6.54 Å². The van der Waals surface area contributed by atoms with Crippen molar-refractivity contribution in [2.75, 3.05) is 30.4 Å². The molecule has 1 aromatic carbocycles. The standard InChI is InChI=1S/C15H21N3O2/c1-11(19)18(10-15(20)16-12-4-5-12)14-8-6-13(7-9-14)17(2)3/h6-9,12H,4-5,10H2,1-3H3,(H,16,20). The molecular weight excluding hydrogens is 254 g/mol. The van der Waals surface area contributed by atoms with E-state index >= 15 is 0 Å². The molecule has 1 aromatic rings. The van der Waals surface area contributed by atoms with Gasteiger partial charge in [-0.1, -0.05) is 0 Å². The van der Waals surface area contributed by atoms with Crippen LogP contribution in [0.2, 0.25) is 0 Å². The summed E-state index contributed by atoms with van der Waals surface area (Å²) in [5.74, 6) is -0.229. The molecule has 5 heteroatoms. The third-order valence-corrected chi connectivity index (χ3v) is 3.30. The minimum atomic E-state index is -0.131. The minimum absolute atomic E-state index is 0.0765. The van der Waals surface area contributed by atoms with Crippen LogP contribution in [0.15, 0.2) is 24.3 Å². The summed E-state index contributed by atoms with van der Waals surface area (Å²) >= 11 is 0. The van der Waals surface area contributed by atoms with Crippen LogP contribution >= 0.6 is 0 Å². The number of nitrogens with zero attached hydrogens (tertiary/aromatic N) is 2. The van der Waals surface area contributed by atoms with Crippen molar-refractivity contribution in [2.45, 2.75) is 25.8 Å². The summed E-state index contributed by atoms with van der Waals surface area (Å²) in [5, 5.41) is 2.90. The quantitative estimate of drug-likeness (QED) is 0.883. The molecule has 0 unspecified atom stereocenters. The van der Waals surface area contributed by atoms with Crippen LogP contribution in [-0.4, -0.2) is 38.5 Å². The van der Waals surface area contributed by atoms with Crippen molar-refractivity contribution in [3.63, 3.8) is 0 Å². The lowest BCUT2D eigenvalue weighted by Gasteiger charge is -2.22. The number of anilines is 2. The number of carbonyl (C=O) groups excluding carboxylic acids is 2. The van der Waals surface area contributed by atoms with Gasteiger partial charge in [-0.05, 0) is 37.1 Å². The first-order valence-corrected chi connectivity index (χ1v) is 6.82. The van der Waals surface area contributed by atoms with Gasteiger partial charge >= 0.3 is 0 Å². The predicted molar refractivity (Wildman–Crippen MR) is 80.0 cm³/mol. The van der Waals surface area contributed by atoms with Gasteiger partial charge in [-0.3, -0.25) is 9.59 Å². The zero-order valence-corrected chi connectivity index (χ0v) is 12.2. The second-order valence-electron chi connectivity index (χ2n) is 5.36. The van der Waals surface area contributed by atoms with Crippen LogP contribution in [0.25, 0.3) is 0 Å². The second-order valence-corrected chi connectivity index (χ2v) is 5.36. The molecule has 0 spiro atoms. The van der Waals surface area contributed by atoms with Gasteiger partial charge in [0.15, 0.2) is 0 Å². The maximum absolute atomic E-state index is 11.8. The van der Waals surface area contributed by atoms with Crippen molar-refractivity contribution in [2.24, 2.45) is 0 Å². The first kappa shape index (κ1) is 14.4. The largest absolute Gasteiger partial charge is 0.378 e. The average molecular weight is 275 g/mol. The Kier molecular flexibility index (Phi) is 4.27. The van der Waals surface area contributed by atoms with Crippen molar-refractivity contribution in [1.29, 1.82) is 0 Å². The molecule has 0 atom stereocenters. The monoisotopic (exact) mass is 275 g/mol. The molecule has 0 bridgehead atoms. The van der Waals surface area contributed by atoms with Crippen LogP contribution in [0.3, 0.4) is 0 Å². The molecule has 2 amide bonds. The number of hydrogen-bond acceptors (Lipinski definition) is 3. The van der Waals surface area contributed by atoms with Crippen molar-refractivity contribution >= 4 is 23.2 Å². The van der Waals surface area contributed by atoms with Gasteiger partial charge in [0.05, 0.1) is 0 Å². The highest BCUT2D eigenvalue weighted by molar-refractivity contribution is 5.97. The van der Waals surface area contributed by atoms with E-state index in [1.165, 1.54) is 11.8 Å². The Morgan fingerprint density at radius 1 is 1.15 bits per heavy atom. The molecule has 108 valence electrons. The van der Waals surface area contributed by atoms with Gasteiger partial charge in [-0.2, -0.15) is 0 Å². The van der Waals surface area contributed by atoms with E-state index in [9.17, 15) is 9.59 Å². The first-order chi connectivity index (χ1) is 9.47. The number of hydrogen-bond donors (Lipinski definition) is 1. The summed E-state index contributed by atoms with van der Waals surface area (Å²) < 4.78 is 0. The Morgan fingerprint density at radius 2 is 1.70 bits per heavy atom. The first-order valence-electron chi connectivity index (χ1n) is 6.82. The lowest BCUT2D eigenvalue weighted by atomic mass is 10.2. The van der Waals surface area contributed by atoms with Crippen molar-refractivity contribution < 1.29 is 9.59 Å². The maximum Gasteiger partial charge on any atom is 0.240 e. The normalized spacial score (nSPS) is 13.8. The average Bonchev–Trinajstić information content (AvgIpc) is 3.19. The molecular formula is C15H21N3O2. The van der Waals surface area contributed by atoms with E-state index in [2.05, 4.69) is 5.32 Å². The third-order valence-electron chi connectivity index (χ3n) is 3.30. The minimum Gasteiger partial charge on any atom is -0.378 e. The van der Waals surface area contributed by atoms with Crippen molar-refractivity contribution in [3.8, 4) is 0 Å². The Balaban J connectivity index is 2.06. The highest BCUT2D eigenvalue weighted by Crippen LogP contribution is 2.21. The summed E-state index contributed by atoms with van der Waals surface area (Å²) in [7, 11) is 3.92. The molecule has 2 rings (SSSR count). The summed E-state index contributed by atoms with van der Waals surface area (Å²) in [6, 6.07) is 7.91. The summed E-state index contributed by atoms with van der Waals surface area (Å²) in [4.78, 5) is 27.1. The molecule has 1 aliphatic rings. The molecule has 0 radical (unpaired) electrons. The van der Waals surface area contributed by atoms with Crippen LogP contribution < -0.4 is 15.1 Å². The summed E-state index contributed by atoms with van der Waals surface area (Å²) in [5.41, 5.74) is 1.80. The van der Waals surface area contributed by atoms with Crippen LogP contribution in [0.4, 0.5) is 11.4 Å². The summed E-state index contributed by atoms with van der Waals surface area (Å²) in [6.07, 6.45) is 2.09. The van der Waals surface area contributed by atoms with Gasteiger partial charge < -0.3 is 15.1 Å². The topological polar surface area (TPSA) is 52.7 Å². The number of nitrogens with one attached hydrogen (secondary N) is 1. The van der Waals surface area contributed by atoms with Crippen LogP contribution in [0.1, 0.15) is 19.8 Å². The molecule has 0 aromatic heterocycles. The lowest BCUT2D eigenvalue weighted by molar-refractivity contribution is -0.123. The number of amides is 2. The predicted octanol–water partition coefficient (Wildman–Crippen LogP) is 1.38. The zero-order valence-electron chi connectivity index (χ0n) is 12.2. The highest BCUT2D eigenvalue weighted by Gasteiger charge is 2.25. The van der Waals surface area contributed by atoms with Crippen molar-refractivity contribution in [1.82, 2.24) is 5.32 Å². The smallest absolute Gasteiger partial charge is 0.240 e. The molecule has 1 saturated carbocycles. The fourth-order valence-electron chi connectivity index (χ4n) is 1.96. The van der Waals surface area contributed by atoms with Crippen LogP contribution in [0.5, 0.6) is 0 Å². The van der Waals surface area contributed by atoms with Gasteiger partial charge in [-0.15, -0.1) is 0 Å². The fraction of sp³-hybridized carbons (Fsp3) is 0.467. The van der Waals surface area contributed by atoms with Crippen LogP contribution in [-0.2, 0) is 9.59 Å². The Labute approximate surface area is 119 Å². The van der Waals surface area contributed by atoms with E-state index in [0.717, 1.165) is 24.2 Å². The highest BCUT2D eigenvalue weighted by atomic mass is 16.2. The molecule has 1 aliphatic carbocycles. The van der Waals surface area contributed by atoms with Gasteiger partial charge in [0.25, 0.3) is 0 Å². The van der Waals surface area contributed by atoms with Gasteiger partial charge in [-0.25, -0.2) is 0 Å². The molecule has 0 saturated heterocycles. The Bertz CT molecular complexity index is 492. The third kappa shape index (κ3) is 3.73. The van der Waals surface area contributed by atoms with Gasteiger partial charge in [0.2, 0.25) is 11.8 Å². The fourth-order valence-corrected chi connectivity index (χ4v) is 1.96.